The molecule has 6 aromatic carbocycles. The molecule has 0 radical (unpaired) electrons. The van der Waals surface area contributed by atoms with Crippen LogP contribution in [0.4, 0.5) is 0 Å². The lowest BCUT2D eigenvalue weighted by atomic mass is 10.1. The van der Waals surface area contributed by atoms with E-state index in [4.69, 9.17) is 61.3 Å². The van der Waals surface area contributed by atoms with E-state index in [-0.39, 0.29) is 69.0 Å². The van der Waals surface area contributed by atoms with Crippen molar-refractivity contribution in [1.29, 1.82) is 0 Å². The molecule has 0 amide bonds. The summed E-state index contributed by atoms with van der Waals surface area (Å²) in [6.45, 7) is 2.44. The van der Waals surface area contributed by atoms with Gasteiger partial charge in [0.15, 0.2) is 69.0 Å². The van der Waals surface area contributed by atoms with Crippen LogP contribution < -0.4 is 31.9 Å². The molecule has 24 nitrogen and oxygen atoms in total. The van der Waals surface area contributed by atoms with Crippen LogP contribution in [-0.4, -0.2) is 173 Å². The summed E-state index contributed by atoms with van der Waals surface area (Å²) in [5.41, 5.74) is 3.44. The Bertz CT molecular complexity index is 2190. The molecule has 0 saturated heterocycles. The van der Waals surface area contributed by atoms with Gasteiger partial charge in [-0.3, -0.25) is 0 Å². The molecule has 24 N–H and O–H groups in total. The third kappa shape index (κ3) is 24.6. The fourth-order valence-electron chi connectivity index (χ4n) is 6.35. The number of aliphatic hydroxyl groups is 6. The van der Waals surface area contributed by atoms with E-state index in [9.17, 15) is 30.6 Å². The van der Waals surface area contributed by atoms with E-state index in [1.54, 1.807) is 78.7 Å². The van der Waals surface area contributed by atoms with Crippen LogP contribution in [0.25, 0.3) is 0 Å². The molecule has 78 heavy (non-hydrogen) atoms. The van der Waals surface area contributed by atoms with Crippen molar-refractivity contribution in [3.63, 3.8) is 0 Å². The zero-order valence-corrected chi connectivity index (χ0v) is 44.1. The first-order chi connectivity index (χ1) is 36.9. The van der Waals surface area contributed by atoms with Crippen molar-refractivity contribution in [2.24, 2.45) is 0 Å². The van der Waals surface area contributed by atoms with Crippen molar-refractivity contribution in [2.75, 3.05) is 81.6 Å². The van der Waals surface area contributed by atoms with Gasteiger partial charge in [0.05, 0.1) is 36.6 Å². The minimum atomic E-state index is -0.670. The van der Waals surface area contributed by atoms with Crippen LogP contribution in [0.2, 0.25) is 0 Å². The molecular formula is C54H78N6O18. The highest BCUT2D eigenvalue weighted by Crippen LogP contribution is 2.32. The van der Waals surface area contributed by atoms with Gasteiger partial charge in [0, 0.05) is 39.3 Å². The van der Waals surface area contributed by atoms with Crippen LogP contribution in [0, 0.1) is 0 Å². The minimum absolute atomic E-state index is 0.180. The summed E-state index contributed by atoms with van der Waals surface area (Å²) in [6, 6.07) is 25.6. The van der Waals surface area contributed by atoms with Gasteiger partial charge in [0.1, 0.15) is 0 Å². The molecule has 0 aliphatic rings. The summed E-state index contributed by atoms with van der Waals surface area (Å²) in [5.74, 6) is -2.37. The highest BCUT2D eigenvalue weighted by molar-refractivity contribution is 5.45. The Balaban J connectivity index is 0.000000468. The summed E-state index contributed by atoms with van der Waals surface area (Å²) in [5, 5.41) is 183. The summed E-state index contributed by atoms with van der Waals surface area (Å²) >= 11 is 0. The molecule has 432 valence electrons. The molecule has 0 heterocycles. The van der Waals surface area contributed by atoms with E-state index in [1.807, 2.05) is 0 Å². The number of aliphatic hydroxyl groups excluding tert-OH is 6. The van der Waals surface area contributed by atoms with E-state index in [0.717, 1.165) is 0 Å². The lowest BCUT2D eigenvalue weighted by molar-refractivity contribution is 0.177. The molecule has 0 aromatic heterocycles. The fraction of sp³-hybridized carbons (Fsp3) is 0.333. The number of benzene rings is 6. The van der Waals surface area contributed by atoms with Crippen molar-refractivity contribution in [3.8, 4) is 69.0 Å². The maximum Gasteiger partial charge on any atom is 0.157 e. The Hall–Kier alpha value is -7.56. The zero-order chi connectivity index (χ0) is 59.1. The Kier molecular flexibility index (Phi) is 32.0. The Morgan fingerprint density at radius 3 is 0.423 bits per heavy atom. The largest absolute Gasteiger partial charge is 0.504 e. The smallest absolute Gasteiger partial charge is 0.157 e. The second-order valence-corrected chi connectivity index (χ2v) is 16.9. The number of hydrogen-bond donors (Lipinski definition) is 24. The Morgan fingerprint density at radius 1 is 0.218 bits per heavy atom. The van der Waals surface area contributed by atoms with Gasteiger partial charge in [-0.15, -0.1) is 0 Å². The van der Waals surface area contributed by atoms with Crippen LogP contribution in [0.3, 0.4) is 0 Å². The van der Waals surface area contributed by atoms with Crippen LogP contribution in [-0.2, 0) is 0 Å². The average Bonchev–Trinajstić information content (AvgIpc) is 3.40. The molecule has 24 heteroatoms. The summed E-state index contributed by atoms with van der Waals surface area (Å²) in [4.78, 5) is 0. The first-order valence-corrected chi connectivity index (χ1v) is 24.0. The molecule has 0 spiro atoms. The van der Waals surface area contributed by atoms with E-state index in [2.05, 4.69) is 31.9 Å². The third-order valence-corrected chi connectivity index (χ3v) is 10.7. The number of rotatable bonds is 18. The first-order valence-electron chi connectivity index (χ1n) is 24.0. The van der Waals surface area contributed by atoms with E-state index in [0.29, 0.717) is 72.6 Å². The number of aromatic hydroxyl groups is 12. The quantitative estimate of drug-likeness (QED) is 0.0548. The van der Waals surface area contributed by atoms with Crippen molar-refractivity contribution in [3.05, 3.63) is 143 Å². The van der Waals surface area contributed by atoms with Crippen molar-refractivity contribution in [1.82, 2.24) is 31.9 Å². The molecule has 6 rings (SSSR count). The molecule has 6 atom stereocenters. The highest BCUT2D eigenvalue weighted by Gasteiger charge is 2.13. The van der Waals surface area contributed by atoms with Crippen LogP contribution >= 0.6 is 0 Å². The van der Waals surface area contributed by atoms with E-state index >= 15 is 0 Å². The Morgan fingerprint density at radius 2 is 0.333 bits per heavy atom. The van der Waals surface area contributed by atoms with Crippen molar-refractivity contribution >= 4 is 0 Å². The minimum Gasteiger partial charge on any atom is -0.504 e. The number of hydrogen-bond acceptors (Lipinski definition) is 24. The standard InChI is InChI=1S/6C9H13NO3/c6*1-10-5-9(13)6-2-3-7(11)8(12)4-6/h6*2-4,9-13H,5H2,1H3/t6*9-/m000000/s1. The van der Waals surface area contributed by atoms with Crippen molar-refractivity contribution in [2.45, 2.75) is 36.6 Å². The van der Waals surface area contributed by atoms with Crippen molar-refractivity contribution < 1.29 is 91.9 Å². The van der Waals surface area contributed by atoms with Crippen LogP contribution in [0.15, 0.2) is 109 Å². The second-order valence-electron chi connectivity index (χ2n) is 16.9. The first kappa shape index (κ1) is 68.5. The number of nitrogens with one attached hydrogen (secondary N) is 6. The number of phenols is 12. The topological polar surface area (TPSA) is 436 Å². The molecule has 0 saturated carbocycles. The summed E-state index contributed by atoms with van der Waals surface area (Å²) in [6.07, 6.45) is -4.02. The predicted octanol–water partition coefficient (Wildman–Crippen LogP) is 2.10. The normalized spacial score (nSPS) is 12.8. The number of phenolic OH excluding ortho intramolecular Hbond substituents is 12. The van der Waals surface area contributed by atoms with Gasteiger partial charge >= 0.3 is 0 Å². The summed E-state index contributed by atoms with van der Waals surface area (Å²) < 4.78 is 0. The maximum absolute atomic E-state index is 9.48. The third-order valence-electron chi connectivity index (χ3n) is 10.7. The molecular weight excluding hydrogens is 1020 g/mol. The fourth-order valence-corrected chi connectivity index (χ4v) is 6.35. The lowest BCUT2D eigenvalue weighted by Gasteiger charge is -2.10. The second kappa shape index (κ2) is 36.5. The Labute approximate surface area is 452 Å². The van der Waals surface area contributed by atoms with Gasteiger partial charge in [-0.1, -0.05) is 36.4 Å². The van der Waals surface area contributed by atoms with Crippen LogP contribution in [0.5, 0.6) is 69.0 Å². The molecule has 0 fully saturated rings. The van der Waals surface area contributed by atoms with Gasteiger partial charge in [0.2, 0.25) is 0 Å². The van der Waals surface area contributed by atoms with Gasteiger partial charge in [-0.25, -0.2) is 0 Å². The van der Waals surface area contributed by atoms with E-state index in [1.165, 1.54) is 72.8 Å². The predicted molar refractivity (Wildman–Crippen MR) is 292 cm³/mol. The molecule has 6 aromatic rings. The highest BCUT2D eigenvalue weighted by atomic mass is 16.3. The lowest BCUT2D eigenvalue weighted by Crippen LogP contribution is -2.16. The summed E-state index contributed by atoms with van der Waals surface area (Å²) in [7, 11) is 10.4. The zero-order valence-electron chi connectivity index (χ0n) is 44.1. The SMILES string of the molecule is CNC[C@H](O)c1ccc(O)c(O)c1.CNC[C@H](O)c1ccc(O)c(O)c1.CNC[C@H](O)c1ccc(O)c(O)c1.CNC[C@H](O)c1ccc(O)c(O)c1.CNC[C@H](O)c1ccc(O)c(O)c1.CNC[C@H](O)c1ccc(O)c(O)c1. The van der Waals surface area contributed by atoms with Gasteiger partial charge in [-0.2, -0.15) is 0 Å². The molecule has 0 bridgehead atoms. The van der Waals surface area contributed by atoms with Gasteiger partial charge in [0.25, 0.3) is 0 Å². The molecule has 0 unspecified atom stereocenters. The molecule has 0 aliphatic carbocycles. The monoisotopic (exact) mass is 1100 g/mol. The van der Waals surface area contributed by atoms with E-state index < -0.39 is 36.6 Å². The maximum atomic E-state index is 9.48. The number of likely N-dealkylation sites (N-methyl/N-ethyl adjacent to an activating group) is 6. The average molecular weight is 1100 g/mol. The van der Waals surface area contributed by atoms with Crippen LogP contribution in [0.1, 0.15) is 70.0 Å². The van der Waals surface area contributed by atoms with Gasteiger partial charge < -0.3 is 124 Å². The van der Waals surface area contributed by atoms with Gasteiger partial charge in [-0.05, 0) is 148 Å². The molecule has 0 aliphatic heterocycles.